The van der Waals surface area contributed by atoms with Crippen LogP contribution in [0.4, 0.5) is 0 Å². The average molecular weight is 169 g/mol. The van der Waals surface area contributed by atoms with Crippen molar-refractivity contribution in [3.63, 3.8) is 0 Å². The monoisotopic (exact) mass is 169 g/mol. The third-order valence-electron chi connectivity index (χ3n) is 3.11. The molecule has 0 spiro atoms. The van der Waals surface area contributed by atoms with Gasteiger partial charge in [-0.1, -0.05) is 45.4 Å². The van der Waals surface area contributed by atoms with Gasteiger partial charge in [0.2, 0.25) is 0 Å². The lowest BCUT2D eigenvalue weighted by Gasteiger charge is -2.17. The van der Waals surface area contributed by atoms with E-state index < -0.39 is 0 Å². The number of hydrogen-bond acceptors (Lipinski definition) is 1. The minimum atomic E-state index is 0.744. The van der Waals surface area contributed by atoms with Crippen molar-refractivity contribution < 1.29 is 0 Å². The molecule has 0 bridgehead atoms. The topological polar surface area (TPSA) is 26.0 Å². The standard InChI is InChI=1S/C11H23N/c1-10(9-12)8-11-6-4-2-3-5-7-11/h10-11H,2-9,12H2,1H3/t10-/m0/s1. The Morgan fingerprint density at radius 2 is 1.75 bits per heavy atom. The van der Waals surface area contributed by atoms with Gasteiger partial charge >= 0.3 is 0 Å². The van der Waals surface area contributed by atoms with Crippen LogP contribution in [0.2, 0.25) is 0 Å². The van der Waals surface area contributed by atoms with Crippen molar-refractivity contribution in [3.8, 4) is 0 Å². The Kier molecular flexibility index (Phi) is 4.67. The molecule has 0 aliphatic heterocycles. The minimum absolute atomic E-state index is 0.744. The summed E-state index contributed by atoms with van der Waals surface area (Å²) in [6.07, 6.45) is 10.1. The summed E-state index contributed by atoms with van der Waals surface area (Å²) in [5.41, 5.74) is 5.63. The summed E-state index contributed by atoms with van der Waals surface area (Å²) in [6.45, 7) is 3.15. The fourth-order valence-electron chi connectivity index (χ4n) is 2.26. The molecule has 12 heavy (non-hydrogen) atoms. The van der Waals surface area contributed by atoms with Gasteiger partial charge in [0.1, 0.15) is 0 Å². The molecular formula is C11H23N. The Balaban J connectivity index is 2.20. The van der Waals surface area contributed by atoms with E-state index in [-0.39, 0.29) is 0 Å². The second-order valence-electron chi connectivity index (χ2n) is 4.43. The molecule has 1 aliphatic rings. The van der Waals surface area contributed by atoms with Crippen LogP contribution in [0.3, 0.4) is 0 Å². The van der Waals surface area contributed by atoms with E-state index in [9.17, 15) is 0 Å². The summed E-state index contributed by atoms with van der Waals surface area (Å²) in [6, 6.07) is 0. The quantitative estimate of drug-likeness (QED) is 0.646. The first kappa shape index (κ1) is 10.0. The molecule has 0 heterocycles. The normalized spacial score (nSPS) is 23.5. The Morgan fingerprint density at radius 1 is 1.17 bits per heavy atom. The highest BCUT2D eigenvalue weighted by molar-refractivity contribution is 4.67. The maximum atomic E-state index is 5.63. The summed E-state index contributed by atoms with van der Waals surface area (Å²) in [5, 5.41) is 0. The molecule has 2 N–H and O–H groups in total. The second kappa shape index (κ2) is 5.58. The fourth-order valence-corrected chi connectivity index (χ4v) is 2.26. The van der Waals surface area contributed by atoms with Crippen LogP contribution in [0.15, 0.2) is 0 Å². The lowest BCUT2D eigenvalue weighted by Crippen LogP contribution is -2.14. The molecule has 0 saturated heterocycles. The van der Waals surface area contributed by atoms with Gasteiger partial charge in [-0.15, -0.1) is 0 Å². The molecule has 72 valence electrons. The molecule has 0 radical (unpaired) electrons. The van der Waals surface area contributed by atoms with Crippen molar-refractivity contribution in [2.75, 3.05) is 6.54 Å². The molecule has 1 nitrogen and oxygen atoms in total. The highest BCUT2D eigenvalue weighted by Gasteiger charge is 2.14. The highest BCUT2D eigenvalue weighted by atomic mass is 14.5. The summed E-state index contributed by atoms with van der Waals surface area (Å²) in [4.78, 5) is 0. The SMILES string of the molecule is C[C@H](CN)CC1CCCCCC1. The molecule has 0 aromatic rings. The number of hydrogen-bond donors (Lipinski definition) is 1. The van der Waals surface area contributed by atoms with Crippen molar-refractivity contribution >= 4 is 0 Å². The summed E-state index contributed by atoms with van der Waals surface area (Å²) in [7, 11) is 0. The van der Waals surface area contributed by atoms with Crippen molar-refractivity contribution in [2.24, 2.45) is 17.6 Å². The van der Waals surface area contributed by atoms with Crippen LogP contribution in [0, 0.1) is 11.8 Å². The molecule has 1 heteroatoms. The van der Waals surface area contributed by atoms with E-state index in [1.54, 1.807) is 0 Å². The lowest BCUT2D eigenvalue weighted by atomic mass is 9.90. The average Bonchev–Trinajstić information content (AvgIpc) is 2.33. The fraction of sp³-hybridized carbons (Fsp3) is 1.00. The molecule has 0 unspecified atom stereocenters. The van der Waals surface area contributed by atoms with E-state index in [1.807, 2.05) is 0 Å². The Labute approximate surface area is 76.7 Å². The minimum Gasteiger partial charge on any atom is -0.330 e. The molecule has 1 rings (SSSR count). The van der Waals surface area contributed by atoms with Gasteiger partial charge in [-0.2, -0.15) is 0 Å². The van der Waals surface area contributed by atoms with Crippen molar-refractivity contribution in [1.29, 1.82) is 0 Å². The van der Waals surface area contributed by atoms with Gasteiger partial charge in [-0.3, -0.25) is 0 Å². The summed E-state index contributed by atoms with van der Waals surface area (Å²) in [5.74, 6) is 1.74. The third kappa shape index (κ3) is 3.57. The predicted octanol–water partition coefficient (Wildman–Crippen LogP) is 2.94. The van der Waals surface area contributed by atoms with E-state index >= 15 is 0 Å². The van der Waals surface area contributed by atoms with E-state index in [4.69, 9.17) is 5.73 Å². The molecule has 0 aromatic heterocycles. The van der Waals surface area contributed by atoms with E-state index in [0.29, 0.717) is 0 Å². The molecule has 0 amide bonds. The van der Waals surface area contributed by atoms with Gasteiger partial charge in [-0.05, 0) is 24.8 Å². The van der Waals surface area contributed by atoms with Crippen molar-refractivity contribution in [1.82, 2.24) is 0 Å². The van der Waals surface area contributed by atoms with Gasteiger partial charge in [0.05, 0.1) is 0 Å². The molecule has 1 saturated carbocycles. The van der Waals surface area contributed by atoms with Crippen molar-refractivity contribution in [3.05, 3.63) is 0 Å². The van der Waals surface area contributed by atoms with Gasteiger partial charge in [-0.25, -0.2) is 0 Å². The molecule has 1 atom stereocenters. The molecule has 1 fully saturated rings. The zero-order valence-corrected chi connectivity index (χ0v) is 8.39. The van der Waals surface area contributed by atoms with E-state index in [1.165, 1.54) is 44.9 Å². The molecular weight excluding hydrogens is 146 g/mol. The van der Waals surface area contributed by atoms with Gasteiger partial charge in [0.25, 0.3) is 0 Å². The van der Waals surface area contributed by atoms with Crippen LogP contribution < -0.4 is 5.73 Å². The van der Waals surface area contributed by atoms with Crippen LogP contribution in [0.5, 0.6) is 0 Å². The maximum Gasteiger partial charge on any atom is -0.00514 e. The Morgan fingerprint density at radius 3 is 2.25 bits per heavy atom. The van der Waals surface area contributed by atoms with Gasteiger partial charge < -0.3 is 5.73 Å². The van der Waals surface area contributed by atoms with Crippen LogP contribution in [-0.2, 0) is 0 Å². The zero-order valence-electron chi connectivity index (χ0n) is 8.39. The van der Waals surface area contributed by atoms with Crippen molar-refractivity contribution in [2.45, 2.75) is 51.9 Å². The molecule has 1 aliphatic carbocycles. The summed E-state index contributed by atoms with van der Waals surface area (Å²) < 4.78 is 0. The van der Waals surface area contributed by atoms with Crippen LogP contribution >= 0.6 is 0 Å². The second-order valence-corrected chi connectivity index (χ2v) is 4.43. The number of nitrogens with two attached hydrogens (primary N) is 1. The highest BCUT2D eigenvalue weighted by Crippen LogP contribution is 2.27. The Bertz CT molecular complexity index is 104. The van der Waals surface area contributed by atoms with Crippen LogP contribution in [0.25, 0.3) is 0 Å². The van der Waals surface area contributed by atoms with Crippen LogP contribution in [-0.4, -0.2) is 6.54 Å². The number of rotatable bonds is 3. The lowest BCUT2D eigenvalue weighted by molar-refractivity contribution is 0.359. The largest absolute Gasteiger partial charge is 0.330 e. The summed E-state index contributed by atoms with van der Waals surface area (Å²) >= 11 is 0. The van der Waals surface area contributed by atoms with Gasteiger partial charge in [0.15, 0.2) is 0 Å². The first-order chi connectivity index (χ1) is 5.83. The predicted molar refractivity (Wildman–Crippen MR) is 54.0 cm³/mol. The first-order valence-corrected chi connectivity index (χ1v) is 5.53. The van der Waals surface area contributed by atoms with Gasteiger partial charge in [0, 0.05) is 0 Å². The zero-order chi connectivity index (χ0) is 8.81. The first-order valence-electron chi connectivity index (χ1n) is 5.53. The van der Waals surface area contributed by atoms with E-state index in [0.717, 1.165) is 18.4 Å². The Hall–Kier alpha value is -0.0400. The smallest absolute Gasteiger partial charge is 0.00514 e. The van der Waals surface area contributed by atoms with Crippen LogP contribution in [0.1, 0.15) is 51.9 Å². The van der Waals surface area contributed by atoms with E-state index in [2.05, 4.69) is 6.92 Å². The molecule has 0 aromatic carbocycles. The maximum absolute atomic E-state index is 5.63. The third-order valence-corrected chi connectivity index (χ3v) is 3.11.